The van der Waals surface area contributed by atoms with Gasteiger partial charge >= 0.3 is 0 Å². The van der Waals surface area contributed by atoms with Crippen molar-refractivity contribution < 1.29 is 19.0 Å². The third-order valence-corrected chi connectivity index (χ3v) is 3.95. The van der Waals surface area contributed by atoms with Crippen LogP contribution in [0.5, 0.6) is 17.2 Å². The molecule has 25 heavy (non-hydrogen) atoms. The molecule has 0 unspecified atom stereocenters. The number of methoxy groups -OCH3 is 3. The lowest BCUT2D eigenvalue weighted by Gasteiger charge is -2.09. The summed E-state index contributed by atoms with van der Waals surface area (Å²) in [5.41, 5.74) is 1.80. The molecule has 0 saturated carbocycles. The molecule has 2 aromatic carbocycles. The predicted octanol–water partition coefficient (Wildman–Crippen LogP) is 3.47. The first kappa shape index (κ1) is 18.6. The van der Waals surface area contributed by atoms with E-state index in [1.807, 2.05) is 12.1 Å². The number of carbonyl (C=O) groups excluding carboxylic acids is 1. The van der Waals surface area contributed by atoms with Crippen molar-refractivity contribution in [2.45, 2.75) is 19.3 Å². The fraction of sp³-hybridized carbons (Fsp3) is 0.350. The monoisotopic (exact) mass is 343 g/mol. The zero-order valence-electron chi connectivity index (χ0n) is 15.0. The number of unbranched alkanes of at least 4 members (excludes halogenated alkanes) is 1. The first-order chi connectivity index (χ1) is 12.2. The molecule has 1 amide bonds. The molecule has 0 bridgehead atoms. The van der Waals surface area contributed by atoms with Gasteiger partial charge in [-0.2, -0.15) is 0 Å². The summed E-state index contributed by atoms with van der Waals surface area (Å²) in [4.78, 5) is 12.2. The van der Waals surface area contributed by atoms with E-state index in [0.29, 0.717) is 23.6 Å². The summed E-state index contributed by atoms with van der Waals surface area (Å²) in [6, 6.07) is 13.2. The van der Waals surface area contributed by atoms with Crippen LogP contribution in [0.25, 0.3) is 0 Å². The van der Waals surface area contributed by atoms with Crippen molar-refractivity contribution in [2.24, 2.45) is 0 Å². The SMILES string of the molecule is COc1ccc(CCCCNC(=O)c2cc(OC)cc(OC)c2)cc1. The van der Waals surface area contributed by atoms with Gasteiger partial charge in [-0.1, -0.05) is 12.1 Å². The Morgan fingerprint density at radius 3 is 2.00 bits per heavy atom. The van der Waals surface area contributed by atoms with Gasteiger partial charge in [-0.3, -0.25) is 4.79 Å². The van der Waals surface area contributed by atoms with Crippen LogP contribution in [0, 0.1) is 0 Å². The molecule has 0 fully saturated rings. The zero-order chi connectivity index (χ0) is 18.1. The fourth-order valence-electron chi connectivity index (χ4n) is 2.49. The molecule has 0 aliphatic heterocycles. The van der Waals surface area contributed by atoms with E-state index in [1.54, 1.807) is 39.5 Å². The molecule has 2 rings (SSSR count). The van der Waals surface area contributed by atoms with E-state index in [-0.39, 0.29) is 5.91 Å². The Morgan fingerprint density at radius 2 is 1.44 bits per heavy atom. The Bertz CT molecular complexity index is 660. The topological polar surface area (TPSA) is 56.8 Å². The number of ether oxygens (including phenoxy) is 3. The maximum atomic E-state index is 12.2. The molecule has 0 saturated heterocycles. The van der Waals surface area contributed by atoms with Gasteiger partial charge < -0.3 is 19.5 Å². The lowest BCUT2D eigenvalue weighted by molar-refractivity contribution is 0.0952. The van der Waals surface area contributed by atoms with Gasteiger partial charge in [0, 0.05) is 18.2 Å². The number of aryl methyl sites for hydroxylation is 1. The van der Waals surface area contributed by atoms with Crippen LogP contribution >= 0.6 is 0 Å². The molecule has 0 heterocycles. The van der Waals surface area contributed by atoms with Crippen molar-refractivity contribution in [1.29, 1.82) is 0 Å². The summed E-state index contributed by atoms with van der Waals surface area (Å²) in [6.45, 7) is 0.633. The number of nitrogens with one attached hydrogen (secondary N) is 1. The van der Waals surface area contributed by atoms with Crippen LogP contribution in [-0.4, -0.2) is 33.8 Å². The predicted molar refractivity (Wildman–Crippen MR) is 97.8 cm³/mol. The number of rotatable bonds is 9. The fourth-order valence-corrected chi connectivity index (χ4v) is 2.49. The summed E-state index contributed by atoms with van der Waals surface area (Å²) < 4.78 is 15.5. The molecular weight excluding hydrogens is 318 g/mol. The van der Waals surface area contributed by atoms with E-state index >= 15 is 0 Å². The third-order valence-electron chi connectivity index (χ3n) is 3.95. The van der Waals surface area contributed by atoms with Crippen molar-refractivity contribution in [3.05, 3.63) is 53.6 Å². The molecule has 1 N–H and O–H groups in total. The summed E-state index contributed by atoms with van der Waals surface area (Å²) in [6.07, 6.45) is 2.90. The maximum absolute atomic E-state index is 12.2. The standard InChI is InChI=1S/C20H25NO4/c1-23-17-9-7-15(8-10-17)6-4-5-11-21-20(22)16-12-18(24-2)14-19(13-16)25-3/h7-10,12-14H,4-6,11H2,1-3H3,(H,21,22). The first-order valence-corrected chi connectivity index (χ1v) is 8.30. The van der Waals surface area contributed by atoms with E-state index in [9.17, 15) is 4.79 Å². The number of hydrogen-bond donors (Lipinski definition) is 1. The molecule has 0 aromatic heterocycles. The van der Waals surface area contributed by atoms with Crippen molar-refractivity contribution in [3.63, 3.8) is 0 Å². The molecule has 0 aliphatic rings. The molecule has 134 valence electrons. The normalized spacial score (nSPS) is 10.2. The number of amides is 1. The Labute approximate surface area is 148 Å². The highest BCUT2D eigenvalue weighted by atomic mass is 16.5. The number of hydrogen-bond acceptors (Lipinski definition) is 4. The lowest BCUT2D eigenvalue weighted by Crippen LogP contribution is -2.24. The largest absolute Gasteiger partial charge is 0.497 e. The van der Waals surface area contributed by atoms with E-state index in [0.717, 1.165) is 25.0 Å². The highest BCUT2D eigenvalue weighted by Gasteiger charge is 2.09. The Balaban J connectivity index is 1.76. The van der Waals surface area contributed by atoms with Crippen LogP contribution in [0.4, 0.5) is 0 Å². The number of benzene rings is 2. The molecule has 5 nitrogen and oxygen atoms in total. The second-order valence-electron chi connectivity index (χ2n) is 5.66. The average Bonchev–Trinajstić information content (AvgIpc) is 2.67. The Kier molecular flexibility index (Phi) is 7.14. The third kappa shape index (κ3) is 5.71. The Morgan fingerprint density at radius 1 is 0.840 bits per heavy atom. The summed E-state index contributed by atoms with van der Waals surface area (Å²) >= 11 is 0. The first-order valence-electron chi connectivity index (χ1n) is 8.30. The summed E-state index contributed by atoms with van der Waals surface area (Å²) in [7, 11) is 4.79. The highest BCUT2D eigenvalue weighted by Crippen LogP contribution is 2.22. The van der Waals surface area contributed by atoms with Crippen LogP contribution in [0.2, 0.25) is 0 Å². The van der Waals surface area contributed by atoms with Gasteiger partial charge in [0.1, 0.15) is 17.2 Å². The molecular formula is C20H25NO4. The molecule has 0 atom stereocenters. The van der Waals surface area contributed by atoms with Gasteiger partial charge in [0.15, 0.2) is 0 Å². The van der Waals surface area contributed by atoms with E-state index in [4.69, 9.17) is 14.2 Å². The van der Waals surface area contributed by atoms with Crippen LogP contribution in [0.15, 0.2) is 42.5 Å². The van der Waals surface area contributed by atoms with Crippen LogP contribution in [-0.2, 0) is 6.42 Å². The average molecular weight is 343 g/mol. The minimum Gasteiger partial charge on any atom is -0.497 e. The highest BCUT2D eigenvalue weighted by molar-refractivity contribution is 5.95. The van der Waals surface area contributed by atoms with Crippen LogP contribution in [0.3, 0.4) is 0 Å². The second-order valence-corrected chi connectivity index (χ2v) is 5.66. The van der Waals surface area contributed by atoms with Crippen LogP contribution < -0.4 is 19.5 Å². The maximum Gasteiger partial charge on any atom is 0.251 e. The zero-order valence-corrected chi connectivity index (χ0v) is 15.0. The van der Waals surface area contributed by atoms with Crippen molar-refractivity contribution in [2.75, 3.05) is 27.9 Å². The van der Waals surface area contributed by atoms with Crippen molar-refractivity contribution in [3.8, 4) is 17.2 Å². The van der Waals surface area contributed by atoms with E-state index in [1.165, 1.54) is 5.56 Å². The lowest BCUT2D eigenvalue weighted by atomic mass is 10.1. The molecule has 0 aliphatic carbocycles. The number of carbonyl (C=O) groups is 1. The quantitative estimate of drug-likeness (QED) is 0.709. The van der Waals surface area contributed by atoms with E-state index in [2.05, 4.69) is 17.4 Å². The smallest absolute Gasteiger partial charge is 0.251 e. The Hall–Kier alpha value is -2.69. The van der Waals surface area contributed by atoms with Gasteiger partial charge in [0.2, 0.25) is 0 Å². The molecule has 5 heteroatoms. The van der Waals surface area contributed by atoms with Gasteiger partial charge in [-0.15, -0.1) is 0 Å². The minimum atomic E-state index is -0.123. The van der Waals surface area contributed by atoms with Gasteiger partial charge in [-0.25, -0.2) is 0 Å². The van der Waals surface area contributed by atoms with Crippen molar-refractivity contribution >= 4 is 5.91 Å². The summed E-state index contributed by atoms with van der Waals surface area (Å²) in [5, 5.41) is 2.94. The van der Waals surface area contributed by atoms with E-state index < -0.39 is 0 Å². The summed E-state index contributed by atoms with van der Waals surface area (Å²) in [5.74, 6) is 1.94. The molecule has 0 spiro atoms. The van der Waals surface area contributed by atoms with Gasteiger partial charge in [0.25, 0.3) is 5.91 Å². The van der Waals surface area contributed by atoms with Gasteiger partial charge in [-0.05, 0) is 49.1 Å². The molecule has 0 radical (unpaired) electrons. The molecule has 2 aromatic rings. The van der Waals surface area contributed by atoms with Crippen molar-refractivity contribution in [1.82, 2.24) is 5.32 Å². The van der Waals surface area contributed by atoms with Crippen LogP contribution in [0.1, 0.15) is 28.8 Å². The minimum absolute atomic E-state index is 0.123. The van der Waals surface area contributed by atoms with Gasteiger partial charge in [0.05, 0.1) is 21.3 Å². The second kappa shape index (κ2) is 9.57.